The lowest BCUT2D eigenvalue weighted by molar-refractivity contribution is -0.128. The average molecular weight is 555 g/mol. The van der Waals surface area contributed by atoms with Crippen LogP contribution in [0, 0.1) is 5.92 Å². The first-order chi connectivity index (χ1) is 18.6. The summed E-state index contributed by atoms with van der Waals surface area (Å²) in [4.78, 5) is 48.0. The van der Waals surface area contributed by atoms with Crippen LogP contribution in [0.15, 0.2) is 24.3 Å². The Labute approximate surface area is 228 Å². The maximum atomic E-state index is 12.9. The Bertz CT molecular complexity index is 884. The largest absolute Gasteiger partial charge is 0.445 e. The number of rotatable bonds is 19. The highest BCUT2D eigenvalue weighted by molar-refractivity contribution is 5.97. The quantitative estimate of drug-likeness (QED) is 0.112. The van der Waals surface area contributed by atoms with Gasteiger partial charge in [-0.25, -0.2) is 9.59 Å². The van der Waals surface area contributed by atoms with Crippen LogP contribution < -0.4 is 32.7 Å². The van der Waals surface area contributed by atoms with Crippen molar-refractivity contribution >= 4 is 29.6 Å². The predicted octanol–water partition coefficient (Wildman–Crippen LogP) is -0.207. The second kappa shape index (κ2) is 19.6. The lowest BCUT2D eigenvalue weighted by atomic mass is 10.0. The van der Waals surface area contributed by atoms with E-state index in [1.54, 1.807) is 38.1 Å². The summed E-state index contributed by atoms with van der Waals surface area (Å²) in [6.07, 6.45) is 0.0602. The third-order valence-electron chi connectivity index (χ3n) is 5.34. The van der Waals surface area contributed by atoms with Crippen molar-refractivity contribution in [2.24, 2.45) is 17.4 Å². The first kappa shape index (κ1) is 33.6. The molecule has 0 saturated carbocycles. The average Bonchev–Trinajstić information content (AvgIpc) is 2.90. The third-order valence-corrected chi connectivity index (χ3v) is 5.34. The minimum absolute atomic E-state index is 0.0224. The number of nitrogens with one attached hydrogen (secondary N) is 4. The first-order valence-corrected chi connectivity index (χ1v) is 12.8. The van der Waals surface area contributed by atoms with Crippen molar-refractivity contribution in [3.05, 3.63) is 29.8 Å². The summed E-state index contributed by atoms with van der Waals surface area (Å²) < 4.78 is 15.5. The molecule has 0 aliphatic carbocycles. The van der Waals surface area contributed by atoms with Gasteiger partial charge in [-0.1, -0.05) is 26.0 Å². The fraction of sp³-hybridized carbons (Fsp3) is 0.600. The lowest BCUT2D eigenvalue weighted by Gasteiger charge is -2.22. The number of aliphatic hydroxyl groups excluding tert-OH is 1. The third kappa shape index (κ3) is 15.5. The molecule has 0 bridgehead atoms. The smallest absolute Gasteiger partial charge is 0.407 e. The zero-order valence-corrected chi connectivity index (χ0v) is 22.6. The topological polar surface area (TPSA) is 216 Å². The van der Waals surface area contributed by atoms with E-state index in [1.807, 2.05) is 0 Å². The van der Waals surface area contributed by atoms with E-state index in [1.165, 1.54) is 0 Å². The van der Waals surface area contributed by atoms with Crippen molar-refractivity contribution in [3.63, 3.8) is 0 Å². The SMILES string of the molecule is CC(C)[C@H](N)C(=O)N[C@@H](CCCNC(N)=O)C(=O)Nc1ccc(COC(=O)NCCOCCOCCO)cc1. The Balaban J connectivity index is 2.50. The maximum absolute atomic E-state index is 12.9. The van der Waals surface area contributed by atoms with E-state index in [0.29, 0.717) is 37.5 Å². The Kier molecular flexibility index (Phi) is 16.9. The molecule has 0 aliphatic rings. The van der Waals surface area contributed by atoms with Crippen molar-refractivity contribution in [2.45, 2.75) is 45.4 Å². The molecule has 0 heterocycles. The number of aliphatic hydroxyl groups is 1. The molecule has 0 unspecified atom stereocenters. The minimum atomic E-state index is -0.874. The number of alkyl carbamates (subject to hydrolysis) is 1. The molecule has 9 N–H and O–H groups in total. The van der Waals surface area contributed by atoms with Crippen LogP contribution in [0.2, 0.25) is 0 Å². The van der Waals surface area contributed by atoms with Gasteiger partial charge in [-0.05, 0) is 36.5 Å². The Hall–Kier alpha value is -3.46. The van der Waals surface area contributed by atoms with E-state index in [9.17, 15) is 19.2 Å². The Morgan fingerprint density at radius 1 is 0.923 bits per heavy atom. The normalized spacial score (nSPS) is 12.3. The molecule has 0 saturated heterocycles. The zero-order valence-electron chi connectivity index (χ0n) is 22.6. The van der Waals surface area contributed by atoms with Crippen molar-refractivity contribution < 1.29 is 38.5 Å². The first-order valence-electron chi connectivity index (χ1n) is 12.8. The molecule has 39 heavy (non-hydrogen) atoms. The maximum Gasteiger partial charge on any atom is 0.407 e. The number of urea groups is 1. The van der Waals surface area contributed by atoms with E-state index in [4.69, 9.17) is 30.8 Å². The van der Waals surface area contributed by atoms with Gasteiger partial charge in [0, 0.05) is 18.8 Å². The second-order valence-electron chi connectivity index (χ2n) is 8.90. The predicted molar refractivity (Wildman–Crippen MR) is 144 cm³/mol. The van der Waals surface area contributed by atoms with E-state index in [-0.39, 0.29) is 45.2 Å². The molecular weight excluding hydrogens is 512 g/mol. The van der Waals surface area contributed by atoms with Gasteiger partial charge in [0.15, 0.2) is 0 Å². The summed E-state index contributed by atoms with van der Waals surface area (Å²) >= 11 is 0. The molecule has 0 spiro atoms. The molecule has 1 rings (SSSR count). The molecule has 0 fully saturated rings. The van der Waals surface area contributed by atoms with Gasteiger partial charge < -0.3 is 52.1 Å². The van der Waals surface area contributed by atoms with E-state index >= 15 is 0 Å². The molecule has 1 aromatic rings. The summed E-state index contributed by atoms with van der Waals surface area (Å²) in [7, 11) is 0. The van der Waals surface area contributed by atoms with Crippen LogP contribution in [-0.4, -0.2) is 87.3 Å². The summed E-state index contributed by atoms with van der Waals surface area (Å²) in [6, 6.07) is 4.36. The van der Waals surface area contributed by atoms with E-state index < -0.39 is 36.0 Å². The highest BCUT2D eigenvalue weighted by Crippen LogP contribution is 2.12. The van der Waals surface area contributed by atoms with Crippen LogP contribution in [0.4, 0.5) is 15.3 Å². The van der Waals surface area contributed by atoms with Gasteiger partial charge in [0.2, 0.25) is 11.8 Å². The number of nitrogens with two attached hydrogens (primary N) is 2. The number of carbonyl (C=O) groups is 4. The highest BCUT2D eigenvalue weighted by atomic mass is 16.6. The standard InChI is InChI=1S/C25H42N6O8/c1-17(2)21(26)23(34)31-20(4-3-9-28-24(27)35)22(33)30-19-7-5-18(6-8-19)16-39-25(36)29-10-12-37-14-15-38-13-11-32/h5-8,17,20-21,32H,3-4,9-16,26H2,1-2H3,(H,29,36)(H,30,33)(H,31,34)(H3,27,28,35)/t20-,21-/m0/s1. The fourth-order valence-electron chi connectivity index (χ4n) is 3.08. The summed E-state index contributed by atoms with van der Waals surface area (Å²) in [5, 5.41) is 19.0. The van der Waals surface area contributed by atoms with Gasteiger partial charge in [0.05, 0.1) is 39.1 Å². The van der Waals surface area contributed by atoms with Gasteiger partial charge in [0.25, 0.3) is 0 Å². The van der Waals surface area contributed by atoms with Gasteiger partial charge in [-0.2, -0.15) is 0 Å². The molecule has 5 amide bonds. The van der Waals surface area contributed by atoms with Gasteiger partial charge >= 0.3 is 12.1 Å². The van der Waals surface area contributed by atoms with Crippen molar-refractivity contribution in [1.82, 2.24) is 16.0 Å². The molecule has 220 valence electrons. The van der Waals surface area contributed by atoms with Gasteiger partial charge in [-0.15, -0.1) is 0 Å². The van der Waals surface area contributed by atoms with Crippen LogP contribution in [0.25, 0.3) is 0 Å². The number of anilines is 1. The van der Waals surface area contributed by atoms with Gasteiger partial charge in [-0.3, -0.25) is 9.59 Å². The van der Waals surface area contributed by atoms with Crippen LogP contribution in [0.5, 0.6) is 0 Å². The van der Waals surface area contributed by atoms with Crippen molar-refractivity contribution in [1.29, 1.82) is 0 Å². The molecule has 14 heteroatoms. The van der Waals surface area contributed by atoms with E-state index in [2.05, 4.69) is 21.3 Å². The molecule has 1 aromatic carbocycles. The number of benzene rings is 1. The minimum Gasteiger partial charge on any atom is -0.445 e. The molecular formula is C25H42N6O8. The van der Waals surface area contributed by atoms with Crippen LogP contribution in [0.1, 0.15) is 32.3 Å². The Morgan fingerprint density at radius 3 is 2.21 bits per heavy atom. The van der Waals surface area contributed by atoms with Crippen LogP contribution in [0.3, 0.4) is 0 Å². The Morgan fingerprint density at radius 2 is 1.59 bits per heavy atom. The number of ether oxygens (including phenoxy) is 3. The molecule has 2 atom stereocenters. The summed E-state index contributed by atoms with van der Waals surface area (Å²) in [5.74, 6) is -1.00. The monoisotopic (exact) mass is 554 g/mol. The van der Waals surface area contributed by atoms with Crippen molar-refractivity contribution in [2.75, 3.05) is 51.4 Å². The number of amides is 5. The van der Waals surface area contributed by atoms with E-state index in [0.717, 1.165) is 0 Å². The van der Waals surface area contributed by atoms with Crippen LogP contribution in [-0.2, 0) is 30.4 Å². The number of hydrogen-bond donors (Lipinski definition) is 7. The molecule has 0 radical (unpaired) electrons. The molecule has 14 nitrogen and oxygen atoms in total. The van der Waals surface area contributed by atoms with Crippen molar-refractivity contribution in [3.8, 4) is 0 Å². The number of primary amides is 1. The summed E-state index contributed by atoms with van der Waals surface area (Å²) in [6.45, 7) is 5.36. The zero-order chi connectivity index (χ0) is 29.0. The highest BCUT2D eigenvalue weighted by Gasteiger charge is 2.25. The fourth-order valence-corrected chi connectivity index (χ4v) is 3.08. The van der Waals surface area contributed by atoms with Crippen LogP contribution >= 0.6 is 0 Å². The second-order valence-corrected chi connectivity index (χ2v) is 8.90. The molecule has 0 aromatic heterocycles. The number of carbonyl (C=O) groups excluding carboxylic acids is 4. The molecule has 0 aliphatic heterocycles. The summed E-state index contributed by atoms with van der Waals surface area (Å²) in [5.41, 5.74) is 12.2. The van der Waals surface area contributed by atoms with Gasteiger partial charge in [0.1, 0.15) is 12.6 Å². The number of hydrogen-bond acceptors (Lipinski definition) is 9. The lowest BCUT2D eigenvalue weighted by Crippen LogP contribution is -2.51.